The van der Waals surface area contributed by atoms with E-state index in [9.17, 15) is 0 Å². The minimum Gasteiger partial charge on any atom is -0.396 e. The molecule has 2 N–H and O–H groups in total. The third-order valence-corrected chi connectivity index (χ3v) is 0.934. The summed E-state index contributed by atoms with van der Waals surface area (Å²) < 4.78 is 0. The van der Waals surface area contributed by atoms with Crippen molar-refractivity contribution in [2.75, 3.05) is 6.61 Å². The first kappa shape index (κ1) is 11.4. The fourth-order valence-electron chi connectivity index (χ4n) is 0.353. The van der Waals surface area contributed by atoms with Crippen molar-refractivity contribution < 1.29 is 31.9 Å². The Balaban J connectivity index is 0. The van der Waals surface area contributed by atoms with Crippen LogP contribution < -0.4 is 0 Å². The molecule has 0 spiro atoms. The maximum absolute atomic E-state index is 8.70. The summed E-state index contributed by atoms with van der Waals surface area (Å²) in [5.41, 5.74) is 0. The van der Waals surface area contributed by atoms with Crippen molar-refractivity contribution in [2.24, 2.45) is 0 Å². The third-order valence-electron chi connectivity index (χ3n) is 0.934. The molecular weight excluding hydrogens is 140 g/mol. The molecule has 0 aliphatic carbocycles. The summed E-state index contributed by atoms with van der Waals surface area (Å²) in [5, 5.41) is 16.9. The molecule has 1 atom stereocenters. The predicted molar refractivity (Wildman–Crippen MR) is 28.0 cm³/mol. The van der Waals surface area contributed by atoms with Crippen LogP contribution in [0.1, 0.15) is 19.8 Å². The van der Waals surface area contributed by atoms with Gasteiger partial charge in [-0.3, -0.25) is 0 Å². The Morgan fingerprint density at radius 3 is 2.12 bits per heavy atom. The molecule has 0 aliphatic heterocycles. The van der Waals surface area contributed by atoms with Crippen LogP contribution in [-0.4, -0.2) is 22.9 Å². The summed E-state index contributed by atoms with van der Waals surface area (Å²) in [6.45, 7) is 1.98. The van der Waals surface area contributed by atoms with Crippen LogP contribution in [0, 0.1) is 0 Å². The molecule has 48 valence electrons. The van der Waals surface area contributed by atoms with Gasteiger partial charge in [-0.05, 0) is 12.8 Å². The van der Waals surface area contributed by atoms with Crippen LogP contribution in [0.4, 0.5) is 0 Å². The number of hydrogen-bond donors (Lipinski definition) is 2. The molecule has 0 rings (SSSR count). The quantitative estimate of drug-likeness (QED) is 0.564. The van der Waals surface area contributed by atoms with Gasteiger partial charge < -0.3 is 10.2 Å². The molecule has 3 heteroatoms. The molecule has 0 aromatic heterocycles. The van der Waals surface area contributed by atoms with Gasteiger partial charge in [0.2, 0.25) is 0 Å². The Labute approximate surface area is 64.8 Å². The van der Waals surface area contributed by atoms with Gasteiger partial charge in [0.1, 0.15) is 0 Å². The van der Waals surface area contributed by atoms with E-state index in [4.69, 9.17) is 10.2 Å². The van der Waals surface area contributed by atoms with Gasteiger partial charge in [0.05, 0.1) is 6.10 Å². The molecule has 0 aromatic carbocycles. The topological polar surface area (TPSA) is 40.5 Å². The molecule has 0 saturated heterocycles. The number of hydrogen-bond acceptors (Lipinski definition) is 2. The van der Waals surface area contributed by atoms with Gasteiger partial charge in [-0.1, -0.05) is 6.92 Å². The van der Waals surface area contributed by atoms with Crippen LogP contribution in [0.2, 0.25) is 0 Å². The van der Waals surface area contributed by atoms with E-state index in [-0.39, 0.29) is 34.4 Å². The first-order chi connectivity index (χ1) is 3.31. The molecule has 0 amide bonds. The van der Waals surface area contributed by atoms with Crippen molar-refractivity contribution >= 4 is 0 Å². The fraction of sp³-hybridized carbons (Fsp3) is 1.00. The van der Waals surface area contributed by atoms with Gasteiger partial charge in [-0.2, -0.15) is 0 Å². The normalized spacial score (nSPS) is 12.4. The average molecular weight is 152 g/mol. The summed E-state index contributed by atoms with van der Waals surface area (Å²) in [5.74, 6) is 0. The smallest absolute Gasteiger partial charge is 0.0559 e. The Morgan fingerprint density at radius 2 is 2.00 bits per heavy atom. The van der Waals surface area contributed by atoms with Crippen LogP contribution in [-0.2, 0) is 21.7 Å². The first-order valence-electron chi connectivity index (χ1n) is 2.60. The zero-order valence-electron chi connectivity index (χ0n) is 5.09. The molecule has 0 heterocycles. The molecule has 2 nitrogen and oxygen atoms in total. The van der Waals surface area contributed by atoms with E-state index in [1.54, 1.807) is 0 Å². The fourth-order valence-corrected chi connectivity index (χ4v) is 0.353. The van der Waals surface area contributed by atoms with Crippen molar-refractivity contribution in [3.05, 3.63) is 0 Å². The van der Waals surface area contributed by atoms with Crippen LogP contribution in [0.3, 0.4) is 0 Å². The van der Waals surface area contributed by atoms with E-state index in [1.807, 2.05) is 6.92 Å². The molecule has 0 saturated carbocycles. The van der Waals surface area contributed by atoms with E-state index in [0.29, 0.717) is 6.42 Å². The summed E-state index contributed by atoms with van der Waals surface area (Å²) in [6, 6.07) is 0. The van der Waals surface area contributed by atoms with Crippen molar-refractivity contribution in [2.45, 2.75) is 25.9 Å². The molecule has 0 aromatic rings. The monoisotopic (exact) mass is 152 g/mol. The zero-order chi connectivity index (χ0) is 5.70. The summed E-state index contributed by atoms with van der Waals surface area (Å²) >= 11 is 0. The van der Waals surface area contributed by atoms with E-state index in [2.05, 4.69) is 0 Å². The summed E-state index contributed by atoms with van der Waals surface area (Å²) in [4.78, 5) is 0. The van der Waals surface area contributed by atoms with Gasteiger partial charge in [0, 0.05) is 28.3 Å². The second-order valence-electron chi connectivity index (χ2n) is 1.57. The first-order valence-corrected chi connectivity index (χ1v) is 2.60. The van der Waals surface area contributed by atoms with E-state index in [1.165, 1.54) is 0 Å². The van der Waals surface area contributed by atoms with Crippen molar-refractivity contribution in [3.63, 3.8) is 0 Å². The number of aliphatic hydroxyl groups excluding tert-OH is 2. The largest absolute Gasteiger partial charge is 0.396 e. The van der Waals surface area contributed by atoms with Crippen LogP contribution in [0.5, 0.6) is 0 Å². The van der Waals surface area contributed by atoms with Gasteiger partial charge in [-0.15, -0.1) is 0 Å². The molecule has 0 radical (unpaired) electrons. The predicted octanol–water partition coefficient (Wildman–Crippen LogP) is 0.137. The minimum absolute atomic E-state index is 0. The van der Waals surface area contributed by atoms with E-state index >= 15 is 0 Å². The van der Waals surface area contributed by atoms with Crippen molar-refractivity contribution in [1.82, 2.24) is 0 Å². The molecule has 8 heavy (non-hydrogen) atoms. The van der Waals surface area contributed by atoms with Gasteiger partial charge in [0.15, 0.2) is 0 Å². The van der Waals surface area contributed by atoms with Crippen LogP contribution in [0.25, 0.3) is 0 Å². The molecule has 0 bridgehead atoms. The van der Waals surface area contributed by atoms with Crippen molar-refractivity contribution in [1.29, 1.82) is 0 Å². The summed E-state index contributed by atoms with van der Waals surface area (Å²) in [6.07, 6.45) is 0.946. The van der Waals surface area contributed by atoms with Crippen molar-refractivity contribution in [3.8, 4) is 0 Å². The second-order valence-corrected chi connectivity index (χ2v) is 1.57. The molecule has 0 fully saturated rings. The minimum atomic E-state index is -0.301. The van der Waals surface area contributed by atoms with Crippen LogP contribution in [0.15, 0.2) is 0 Å². The Bertz CT molecular complexity index is 41.4. The Kier molecular flexibility index (Phi) is 10.9. The van der Waals surface area contributed by atoms with Gasteiger partial charge in [0.25, 0.3) is 0 Å². The van der Waals surface area contributed by atoms with E-state index in [0.717, 1.165) is 6.42 Å². The maximum Gasteiger partial charge on any atom is 0.0559 e. The molecule has 0 aliphatic rings. The summed E-state index contributed by atoms with van der Waals surface area (Å²) in [7, 11) is 0. The second kappa shape index (κ2) is 7.63. The standard InChI is InChI=1S/C5H12O2.Ti/c1-2-5(7)3-4-6;/h5-7H,2-4H2,1H3;. The number of rotatable bonds is 3. The Morgan fingerprint density at radius 1 is 1.50 bits per heavy atom. The van der Waals surface area contributed by atoms with E-state index < -0.39 is 0 Å². The zero-order valence-corrected chi connectivity index (χ0v) is 6.65. The van der Waals surface area contributed by atoms with Gasteiger partial charge in [-0.25, -0.2) is 0 Å². The molecular formula is C5H12O2Ti. The maximum atomic E-state index is 8.70. The molecule has 1 unspecified atom stereocenters. The Hall–Kier alpha value is 0.634. The van der Waals surface area contributed by atoms with Crippen LogP contribution >= 0.6 is 0 Å². The SMILES string of the molecule is CCC(O)CCO.[Ti]. The third kappa shape index (κ3) is 6.63. The number of aliphatic hydroxyl groups is 2. The van der Waals surface area contributed by atoms with Gasteiger partial charge >= 0.3 is 0 Å². The average Bonchev–Trinajstić information content (AvgIpc) is 1.68.